The topological polar surface area (TPSA) is 63.5 Å². The molecule has 1 heterocycles. The van der Waals surface area contributed by atoms with Gasteiger partial charge in [0, 0.05) is 32.5 Å². The molecule has 140 valence electrons. The quantitative estimate of drug-likeness (QED) is 0.500. The number of aliphatic imine (C=N–C) groups is 1. The van der Waals surface area contributed by atoms with E-state index in [2.05, 4.69) is 44.9 Å². The summed E-state index contributed by atoms with van der Waals surface area (Å²) in [6, 6.07) is 16.4. The van der Waals surface area contributed by atoms with Crippen LogP contribution < -0.4 is 15.4 Å². The first-order chi connectivity index (χ1) is 13.3. The van der Waals surface area contributed by atoms with Crippen LogP contribution in [0.25, 0.3) is 5.69 Å². The Hall–Kier alpha value is -3.28. The van der Waals surface area contributed by atoms with E-state index in [1.165, 1.54) is 11.1 Å². The number of guanidine groups is 1. The van der Waals surface area contributed by atoms with Crippen molar-refractivity contribution in [2.24, 2.45) is 4.99 Å². The van der Waals surface area contributed by atoms with E-state index in [9.17, 15) is 0 Å². The van der Waals surface area contributed by atoms with Gasteiger partial charge in [-0.3, -0.25) is 4.99 Å². The summed E-state index contributed by atoms with van der Waals surface area (Å²) in [4.78, 5) is 8.44. The van der Waals surface area contributed by atoms with Gasteiger partial charge < -0.3 is 19.9 Å². The second kappa shape index (κ2) is 9.43. The maximum absolute atomic E-state index is 5.19. The van der Waals surface area contributed by atoms with Crippen LogP contribution in [0.2, 0.25) is 0 Å². The summed E-state index contributed by atoms with van der Waals surface area (Å²) in [5, 5.41) is 6.74. The van der Waals surface area contributed by atoms with Gasteiger partial charge >= 0.3 is 0 Å². The average Bonchev–Trinajstić information content (AvgIpc) is 3.26. The Morgan fingerprint density at radius 3 is 2.63 bits per heavy atom. The normalized spacial score (nSPS) is 11.3. The molecule has 6 nitrogen and oxygen atoms in total. The lowest BCUT2D eigenvalue weighted by molar-refractivity contribution is 0.414. The van der Waals surface area contributed by atoms with Crippen molar-refractivity contribution in [3.63, 3.8) is 0 Å². The molecule has 0 atom stereocenters. The lowest BCUT2D eigenvalue weighted by Crippen LogP contribution is -2.38. The molecule has 3 aromatic rings. The van der Waals surface area contributed by atoms with Gasteiger partial charge in [0.15, 0.2) is 5.96 Å². The van der Waals surface area contributed by atoms with Gasteiger partial charge in [-0.1, -0.05) is 30.3 Å². The molecule has 0 saturated carbocycles. The van der Waals surface area contributed by atoms with Crippen LogP contribution in [0.5, 0.6) is 5.75 Å². The SMILES string of the molecule is CN=C(NCCc1ccc(OC)cc1)NCc1ccccc1-n1ccnc1. The van der Waals surface area contributed by atoms with Crippen molar-refractivity contribution in [3.8, 4) is 11.4 Å². The fourth-order valence-corrected chi connectivity index (χ4v) is 2.83. The highest BCUT2D eigenvalue weighted by atomic mass is 16.5. The third kappa shape index (κ3) is 5.10. The van der Waals surface area contributed by atoms with Gasteiger partial charge in [-0.05, 0) is 35.7 Å². The molecule has 0 unspecified atom stereocenters. The zero-order chi connectivity index (χ0) is 18.9. The van der Waals surface area contributed by atoms with Gasteiger partial charge in [0.25, 0.3) is 0 Å². The van der Waals surface area contributed by atoms with E-state index in [1.54, 1.807) is 26.7 Å². The van der Waals surface area contributed by atoms with Crippen molar-refractivity contribution in [2.45, 2.75) is 13.0 Å². The molecule has 0 fully saturated rings. The summed E-state index contributed by atoms with van der Waals surface area (Å²) >= 11 is 0. The number of hydrogen-bond donors (Lipinski definition) is 2. The van der Waals surface area contributed by atoms with Gasteiger partial charge in [0.05, 0.1) is 19.1 Å². The van der Waals surface area contributed by atoms with Crippen LogP contribution in [0.15, 0.2) is 72.2 Å². The van der Waals surface area contributed by atoms with Crippen LogP contribution in [-0.2, 0) is 13.0 Å². The van der Waals surface area contributed by atoms with Crippen molar-refractivity contribution in [1.29, 1.82) is 0 Å². The summed E-state index contributed by atoms with van der Waals surface area (Å²) < 4.78 is 7.20. The third-order valence-corrected chi connectivity index (χ3v) is 4.31. The molecule has 0 aliphatic carbocycles. The van der Waals surface area contributed by atoms with Crippen LogP contribution in [0.3, 0.4) is 0 Å². The zero-order valence-corrected chi connectivity index (χ0v) is 15.7. The Morgan fingerprint density at radius 1 is 1.11 bits per heavy atom. The zero-order valence-electron chi connectivity index (χ0n) is 15.7. The minimum atomic E-state index is 0.677. The van der Waals surface area contributed by atoms with Gasteiger partial charge in [0.1, 0.15) is 5.75 Å². The van der Waals surface area contributed by atoms with Crippen molar-refractivity contribution in [1.82, 2.24) is 20.2 Å². The maximum Gasteiger partial charge on any atom is 0.191 e. The van der Waals surface area contributed by atoms with E-state index >= 15 is 0 Å². The molecule has 0 aliphatic heterocycles. The van der Waals surface area contributed by atoms with Crippen molar-refractivity contribution in [3.05, 3.63) is 78.4 Å². The summed E-state index contributed by atoms with van der Waals surface area (Å²) in [7, 11) is 3.46. The highest BCUT2D eigenvalue weighted by molar-refractivity contribution is 5.79. The minimum absolute atomic E-state index is 0.677. The summed E-state index contributed by atoms with van der Waals surface area (Å²) in [6.07, 6.45) is 6.45. The average molecular weight is 363 g/mol. The van der Waals surface area contributed by atoms with Crippen LogP contribution >= 0.6 is 0 Å². The molecule has 0 amide bonds. The van der Waals surface area contributed by atoms with Crippen LogP contribution in [0.1, 0.15) is 11.1 Å². The maximum atomic E-state index is 5.19. The van der Waals surface area contributed by atoms with E-state index in [4.69, 9.17) is 4.74 Å². The first kappa shape index (κ1) is 18.5. The molecule has 1 aromatic heterocycles. The Balaban J connectivity index is 1.52. The molecular formula is C21H25N5O. The van der Waals surface area contributed by atoms with E-state index in [1.807, 2.05) is 35.0 Å². The smallest absolute Gasteiger partial charge is 0.191 e. The second-order valence-electron chi connectivity index (χ2n) is 6.05. The number of nitrogens with one attached hydrogen (secondary N) is 2. The van der Waals surface area contributed by atoms with E-state index in [0.29, 0.717) is 6.54 Å². The van der Waals surface area contributed by atoms with Gasteiger partial charge in [-0.2, -0.15) is 0 Å². The predicted octanol–water partition coefficient (Wildman–Crippen LogP) is 2.79. The first-order valence-corrected chi connectivity index (χ1v) is 8.94. The van der Waals surface area contributed by atoms with E-state index in [-0.39, 0.29) is 0 Å². The van der Waals surface area contributed by atoms with E-state index in [0.717, 1.165) is 30.4 Å². The second-order valence-corrected chi connectivity index (χ2v) is 6.05. The number of para-hydroxylation sites is 1. The number of nitrogens with zero attached hydrogens (tertiary/aromatic N) is 3. The molecule has 0 spiro atoms. The first-order valence-electron chi connectivity index (χ1n) is 8.94. The number of aromatic nitrogens is 2. The molecular weight excluding hydrogens is 338 g/mol. The molecule has 0 aliphatic rings. The molecule has 2 aromatic carbocycles. The molecule has 2 N–H and O–H groups in total. The van der Waals surface area contributed by atoms with Crippen LogP contribution in [0, 0.1) is 0 Å². The number of benzene rings is 2. The Bertz CT molecular complexity index is 857. The van der Waals surface area contributed by atoms with Crippen LogP contribution in [0.4, 0.5) is 0 Å². The van der Waals surface area contributed by atoms with Gasteiger partial charge in [-0.25, -0.2) is 4.98 Å². The van der Waals surface area contributed by atoms with Gasteiger partial charge in [-0.15, -0.1) is 0 Å². The van der Waals surface area contributed by atoms with Crippen LogP contribution in [-0.4, -0.2) is 36.2 Å². The van der Waals surface area contributed by atoms with Crippen molar-refractivity contribution in [2.75, 3.05) is 20.7 Å². The highest BCUT2D eigenvalue weighted by Gasteiger charge is 2.05. The van der Waals surface area contributed by atoms with E-state index < -0.39 is 0 Å². The lowest BCUT2D eigenvalue weighted by atomic mass is 10.1. The fraction of sp³-hybridized carbons (Fsp3) is 0.238. The minimum Gasteiger partial charge on any atom is -0.497 e. The predicted molar refractivity (Wildman–Crippen MR) is 108 cm³/mol. The van der Waals surface area contributed by atoms with Gasteiger partial charge in [0.2, 0.25) is 0 Å². The molecule has 0 radical (unpaired) electrons. The summed E-state index contributed by atoms with van der Waals surface area (Å²) in [6.45, 7) is 1.48. The number of hydrogen-bond acceptors (Lipinski definition) is 3. The standard InChI is InChI=1S/C21H25N5O/c1-22-21(24-12-11-17-7-9-19(27-2)10-8-17)25-15-18-5-3-4-6-20(18)26-14-13-23-16-26/h3-10,13-14,16H,11-12,15H2,1-2H3,(H2,22,24,25). The monoisotopic (exact) mass is 363 g/mol. The molecule has 3 rings (SSSR count). The molecule has 0 bridgehead atoms. The number of methoxy groups -OCH3 is 1. The van der Waals surface area contributed by atoms with Crippen molar-refractivity contribution < 1.29 is 4.74 Å². The van der Waals surface area contributed by atoms with Crippen molar-refractivity contribution >= 4 is 5.96 Å². The highest BCUT2D eigenvalue weighted by Crippen LogP contribution is 2.14. The Morgan fingerprint density at radius 2 is 1.93 bits per heavy atom. The number of imidazole rings is 1. The number of rotatable bonds is 7. The molecule has 27 heavy (non-hydrogen) atoms. The summed E-state index contributed by atoms with van der Waals surface area (Å²) in [5.41, 5.74) is 3.54. The Labute approximate surface area is 159 Å². The number of ether oxygens (including phenoxy) is 1. The lowest BCUT2D eigenvalue weighted by Gasteiger charge is -2.14. The fourth-order valence-electron chi connectivity index (χ4n) is 2.83. The Kier molecular flexibility index (Phi) is 6.46. The third-order valence-electron chi connectivity index (χ3n) is 4.31. The molecule has 6 heteroatoms. The summed E-state index contributed by atoms with van der Waals surface area (Å²) in [5.74, 6) is 1.66. The molecule has 0 saturated heterocycles. The largest absolute Gasteiger partial charge is 0.497 e.